The predicted molar refractivity (Wildman–Crippen MR) is 114 cm³/mol. The van der Waals surface area contributed by atoms with Gasteiger partial charge in [0.15, 0.2) is 0 Å². The first kappa shape index (κ1) is 20.9. The van der Waals surface area contributed by atoms with Crippen molar-refractivity contribution in [1.82, 2.24) is 14.8 Å². The molecule has 1 aromatic rings. The third-order valence-corrected chi connectivity index (χ3v) is 6.17. The first-order valence-electron chi connectivity index (χ1n) is 11.0. The zero-order valence-corrected chi connectivity index (χ0v) is 18.1. The third kappa shape index (κ3) is 4.38. The van der Waals surface area contributed by atoms with Crippen LogP contribution in [0.5, 0.6) is 0 Å². The summed E-state index contributed by atoms with van der Waals surface area (Å²) >= 11 is 0. The molecule has 1 N–H and O–H groups in total. The smallest absolute Gasteiger partial charge is 0.407 e. The SMILES string of the molecule is CC(C)(C)OC(=O)NC1CCN(CC2CCN3C(=O)CCc4ccc(=O)n2c43)CC1. The van der Waals surface area contributed by atoms with Gasteiger partial charge in [0.2, 0.25) is 5.91 Å². The molecule has 0 aromatic carbocycles. The van der Waals surface area contributed by atoms with Gasteiger partial charge in [-0.05, 0) is 58.1 Å². The van der Waals surface area contributed by atoms with Crippen LogP contribution in [0.1, 0.15) is 58.1 Å². The van der Waals surface area contributed by atoms with Crippen LogP contribution in [0.2, 0.25) is 0 Å². The number of nitrogens with zero attached hydrogens (tertiary/aromatic N) is 3. The van der Waals surface area contributed by atoms with Crippen LogP contribution >= 0.6 is 0 Å². The van der Waals surface area contributed by atoms with Crippen LogP contribution in [-0.4, -0.2) is 59.3 Å². The van der Waals surface area contributed by atoms with Crippen LogP contribution in [0, 0.1) is 0 Å². The Hall–Kier alpha value is -2.35. The number of anilines is 1. The number of carbonyl (C=O) groups excluding carboxylic acids is 2. The number of likely N-dealkylation sites (tertiary alicyclic amines) is 1. The number of hydrogen-bond acceptors (Lipinski definition) is 5. The Morgan fingerprint density at radius 3 is 2.53 bits per heavy atom. The second-order valence-corrected chi connectivity index (χ2v) is 9.60. The molecule has 164 valence electrons. The summed E-state index contributed by atoms with van der Waals surface area (Å²) in [6, 6.07) is 3.71. The number of piperidine rings is 1. The molecule has 4 heterocycles. The van der Waals surface area contributed by atoms with Crippen molar-refractivity contribution in [1.29, 1.82) is 0 Å². The fraction of sp³-hybridized carbons (Fsp3) is 0.682. The van der Waals surface area contributed by atoms with E-state index in [0.29, 0.717) is 19.4 Å². The van der Waals surface area contributed by atoms with Crippen molar-refractivity contribution in [3.8, 4) is 0 Å². The van der Waals surface area contributed by atoms with E-state index in [0.717, 1.165) is 50.3 Å². The first-order valence-corrected chi connectivity index (χ1v) is 11.0. The number of pyridine rings is 1. The Morgan fingerprint density at radius 1 is 1.10 bits per heavy atom. The number of aromatic nitrogens is 1. The zero-order chi connectivity index (χ0) is 21.5. The van der Waals surface area contributed by atoms with Gasteiger partial charge in [0.05, 0.1) is 6.04 Å². The number of alkyl carbamates (subject to hydrolysis) is 1. The summed E-state index contributed by atoms with van der Waals surface area (Å²) in [4.78, 5) is 41.2. The molecule has 1 atom stereocenters. The van der Waals surface area contributed by atoms with E-state index in [4.69, 9.17) is 4.74 Å². The molecular formula is C22H32N4O4. The van der Waals surface area contributed by atoms with E-state index < -0.39 is 5.60 Å². The van der Waals surface area contributed by atoms with E-state index in [1.54, 1.807) is 11.0 Å². The quantitative estimate of drug-likeness (QED) is 0.816. The molecule has 8 nitrogen and oxygen atoms in total. The lowest BCUT2D eigenvalue weighted by Gasteiger charge is -2.42. The molecular weight excluding hydrogens is 384 g/mol. The number of hydrogen-bond donors (Lipinski definition) is 1. The Balaban J connectivity index is 1.39. The monoisotopic (exact) mass is 416 g/mol. The lowest BCUT2D eigenvalue weighted by molar-refractivity contribution is -0.119. The highest BCUT2D eigenvalue weighted by atomic mass is 16.6. The normalized spacial score (nSPS) is 22.6. The van der Waals surface area contributed by atoms with E-state index in [2.05, 4.69) is 10.2 Å². The number of nitrogens with one attached hydrogen (secondary N) is 1. The molecule has 3 aliphatic heterocycles. The van der Waals surface area contributed by atoms with Crippen molar-refractivity contribution >= 4 is 17.8 Å². The van der Waals surface area contributed by atoms with Gasteiger partial charge in [0.1, 0.15) is 11.4 Å². The Labute approximate surface area is 177 Å². The van der Waals surface area contributed by atoms with E-state index >= 15 is 0 Å². The number of amides is 2. The molecule has 1 saturated heterocycles. The van der Waals surface area contributed by atoms with Gasteiger partial charge in [0.25, 0.3) is 5.56 Å². The molecule has 0 bridgehead atoms. The van der Waals surface area contributed by atoms with Gasteiger partial charge in [0, 0.05) is 44.7 Å². The van der Waals surface area contributed by atoms with Gasteiger partial charge < -0.3 is 15.0 Å². The minimum Gasteiger partial charge on any atom is -0.444 e. The van der Waals surface area contributed by atoms with Crippen molar-refractivity contribution in [2.24, 2.45) is 0 Å². The van der Waals surface area contributed by atoms with Gasteiger partial charge in [-0.25, -0.2) is 4.79 Å². The van der Waals surface area contributed by atoms with Gasteiger partial charge in [-0.2, -0.15) is 0 Å². The average molecular weight is 417 g/mol. The number of ether oxygens (including phenoxy) is 1. The molecule has 2 amide bonds. The van der Waals surface area contributed by atoms with Crippen LogP contribution in [0.3, 0.4) is 0 Å². The van der Waals surface area contributed by atoms with E-state index in [1.165, 1.54) is 0 Å². The van der Waals surface area contributed by atoms with Crippen molar-refractivity contribution in [3.05, 3.63) is 28.0 Å². The summed E-state index contributed by atoms with van der Waals surface area (Å²) in [6.07, 6.45) is 3.38. The van der Waals surface area contributed by atoms with Crippen molar-refractivity contribution < 1.29 is 14.3 Å². The summed E-state index contributed by atoms with van der Waals surface area (Å²) in [5.41, 5.74) is 0.571. The maximum Gasteiger partial charge on any atom is 0.407 e. The van der Waals surface area contributed by atoms with Crippen molar-refractivity contribution in [2.45, 2.75) is 70.6 Å². The second-order valence-electron chi connectivity index (χ2n) is 9.60. The summed E-state index contributed by atoms with van der Waals surface area (Å²) in [5.74, 6) is 0.936. The minimum absolute atomic E-state index is 0.0281. The molecule has 0 saturated carbocycles. The molecule has 3 aliphatic rings. The molecule has 0 radical (unpaired) electrons. The zero-order valence-electron chi connectivity index (χ0n) is 18.1. The van der Waals surface area contributed by atoms with Crippen LogP contribution in [0.4, 0.5) is 10.6 Å². The Kier molecular flexibility index (Phi) is 5.61. The maximum atomic E-state index is 12.7. The van der Waals surface area contributed by atoms with E-state index in [-0.39, 0.29) is 29.6 Å². The second kappa shape index (κ2) is 8.06. The molecule has 1 unspecified atom stereocenters. The largest absolute Gasteiger partial charge is 0.444 e. The highest BCUT2D eigenvalue weighted by Crippen LogP contribution is 2.34. The van der Waals surface area contributed by atoms with Crippen LogP contribution in [0.25, 0.3) is 0 Å². The topological polar surface area (TPSA) is 83.9 Å². The van der Waals surface area contributed by atoms with Crippen LogP contribution < -0.4 is 15.8 Å². The molecule has 1 aromatic heterocycles. The first-order chi connectivity index (χ1) is 14.2. The lowest BCUT2D eigenvalue weighted by Crippen LogP contribution is -2.50. The fourth-order valence-electron chi connectivity index (χ4n) is 4.77. The van der Waals surface area contributed by atoms with Gasteiger partial charge in [-0.1, -0.05) is 0 Å². The number of rotatable bonds is 3. The van der Waals surface area contributed by atoms with E-state index in [1.807, 2.05) is 31.4 Å². The summed E-state index contributed by atoms with van der Waals surface area (Å²) < 4.78 is 7.20. The highest BCUT2D eigenvalue weighted by molar-refractivity contribution is 5.95. The van der Waals surface area contributed by atoms with Crippen molar-refractivity contribution in [2.75, 3.05) is 31.1 Å². The highest BCUT2D eigenvalue weighted by Gasteiger charge is 2.35. The number of carbonyl (C=O) groups is 2. The average Bonchev–Trinajstić information content (AvgIpc) is 2.67. The van der Waals surface area contributed by atoms with Crippen molar-refractivity contribution in [3.63, 3.8) is 0 Å². The molecule has 30 heavy (non-hydrogen) atoms. The maximum absolute atomic E-state index is 12.7. The van der Waals surface area contributed by atoms with Gasteiger partial charge >= 0.3 is 6.09 Å². The molecule has 4 rings (SSSR count). The third-order valence-electron chi connectivity index (χ3n) is 6.17. The molecule has 8 heteroatoms. The standard InChI is InChI=1S/C22H32N4O4/c1-22(2,3)30-21(29)23-16-8-11-24(12-9-16)14-17-10-13-25-18(27)6-4-15-5-7-19(28)26(17)20(15)25/h5,7,16-17H,4,6,8-14H2,1-3H3,(H,23,29). The minimum atomic E-state index is -0.497. The fourth-order valence-corrected chi connectivity index (χ4v) is 4.77. The molecule has 0 spiro atoms. The van der Waals surface area contributed by atoms with Gasteiger partial charge in [-0.3, -0.25) is 19.1 Å². The summed E-state index contributed by atoms with van der Waals surface area (Å²) in [5, 5.41) is 2.97. The summed E-state index contributed by atoms with van der Waals surface area (Å²) in [7, 11) is 0. The van der Waals surface area contributed by atoms with E-state index in [9.17, 15) is 14.4 Å². The molecule has 1 fully saturated rings. The van der Waals surface area contributed by atoms with Gasteiger partial charge in [-0.15, -0.1) is 0 Å². The Morgan fingerprint density at radius 2 is 1.83 bits per heavy atom. The molecule has 0 aliphatic carbocycles. The summed E-state index contributed by atoms with van der Waals surface area (Å²) in [6.45, 7) is 8.77. The Bertz CT molecular complexity index is 880. The lowest BCUT2D eigenvalue weighted by atomic mass is 9.98. The van der Waals surface area contributed by atoms with Crippen LogP contribution in [-0.2, 0) is 16.0 Å². The predicted octanol–water partition coefficient (Wildman–Crippen LogP) is 2.06. The van der Waals surface area contributed by atoms with Crippen LogP contribution in [0.15, 0.2) is 16.9 Å². The number of aryl methyl sites for hydroxylation is 1.